The fourth-order valence-electron chi connectivity index (χ4n) is 2.11. The number of hydrogen-bond acceptors (Lipinski definition) is 3. The SMILES string of the molecule is O=C(CNCC1(CCO)CC1)Nc1ccc(Cl)cc1. The van der Waals surface area contributed by atoms with Crippen molar-refractivity contribution in [2.24, 2.45) is 5.41 Å². The first-order valence-corrected chi connectivity index (χ1v) is 6.88. The maximum atomic E-state index is 11.7. The van der Waals surface area contributed by atoms with Gasteiger partial charge in [-0.3, -0.25) is 4.79 Å². The number of aliphatic hydroxyl groups excluding tert-OH is 1. The van der Waals surface area contributed by atoms with Gasteiger partial charge >= 0.3 is 0 Å². The zero-order valence-corrected chi connectivity index (χ0v) is 11.5. The quantitative estimate of drug-likeness (QED) is 0.717. The Morgan fingerprint density at radius 2 is 2.00 bits per heavy atom. The van der Waals surface area contributed by atoms with Gasteiger partial charge in [0.15, 0.2) is 0 Å². The fraction of sp³-hybridized carbons (Fsp3) is 0.500. The number of carbonyl (C=O) groups is 1. The number of anilines is 1. The van der Waals surface area contributed by atoms with Gasteiger partial charge in [-0.15, -0.1) is 0 Å². The Kier molecular flexibility index (Phi) is 4.80. The lowest BCUT2D eigenvalue weighted by Gasteiger charge is -2.14. The summed E-state index contributed by atoms with van der Waals surface area (Å²) in [5, 5.41) is 15.6. The van der Waals surface area contributed by atoms with Crippen LogP contribution in [0.1, 0.15) is 19.3 Å². The second-order valence-corrected chi connectivity index (χ2v) is 5.57. The van der Waals surface area contributed by atoms with Gasteiger partial charge in [-0.25, -0.2) is 0 Å². The summed E-state index contributed by atoms with van der Waals surface area (Å²) in [6, 6.07) is 7.03. The van der Waals surface area contributed by atoms with Crippen LogP contribution < -0.4 is 10.6 Å². The van der Waals surface area contributed by atoms with Crippen LogP contribution in [-0.4, -0.2) is 30.7 Å². The molecule has 0 aromatic heterocycles. The van der Waals surface area contributed by atoms with Crippen LogP contribution in [0, 0.1) is 5.41 Å². The van der Waals surface area contributed by atoms with Crippen molar-refractivity contribution in [1.82, 2.24) is 5.32 Å². The van der Waals surface area contributed by atoms with Gasteiger partial charge in [-0.1, -0.05) is 11.6 Å². The van der Waals surface area contributed by atoms with Crippen LogP contribution in [0.2, 0.25) is 5.02 Å². The lowest BCUT2D eigenvalue weighted by Crippen LogP contribution is -2.32. The van der Waals surface area contributed by atoms with Gasteiger partial charge in [-0.2, -0.15) is 0 Å². The molecule has 1 amide bonds. The minimum Gasteiger partial charge on any atom is -0.396 e. The van der Waals surface area contributed by atoms with Gasteiger partial charge in [0, 0.05) is 23.9 Å². The molecule has 1 aromatic rings. The monoisotopic (exact) mass is 282 g/mol. The van der Waals surface area contributed by atoms with Crippen molar-refractivity contribution in [3.63, 3.8) is 0 Å². The highest BCUT2D eigenvalue weighted by Gasteiger charge is 2.41. The van der Waals surface area contributed by atoms with Crippen molar-refractivity contribution < 1.29 is 9.90 Å². The minimum atomic E-state index is -0.0675. The van der Waals surface area contributed by atoms with Crippen LogP contribution in [0.25, 0.3) is 0 Å². The molecule has 0 radical (unpaired) electrons. The molecule has 1 aliphatic carbocycles. The van der Waals surface area contributed by atoms with E-state index in [2.05, 4.69) is 10.6 Å². The van der Waals surface area contributed by atoms with Crippen molar-refractivity contribution in [3.8, 4) is 0 Å². The molecule has 0 spiro atoms. The van der Waals surface area contributed by atoms with Gasteiger partial charge in [0.1, 0.15) is 0 Å². The Labute approximate surface area is 118 Å². The van der Waals surface area contributed by atoms with Crippen molar-refractivity contribution >= 4 is 23.2 Å². The smallest absolute Gasteiger partial charge is 0.238 e. The first kappa shape index (κ1) is 14.3. The van der Waals surface area contributed by atoms with Crippen LogP contribution in [-0.2, 0) is 4.79 Å². The topological polar surface area (TPSA) is 61.4 Å². The normalized spacial score (nSPS) is 16.1. The molecule has 4 nitrogen and oxygen atoms in total. The van der Waals surface area contributed by atoms with Crippen molar-refractivity contribution in [1.29, 1.82) is 0 Å². The molecule has 0 saturated heterocycles. The minimum absolute atomic E-state index is 0.0675. The first-order valence-electron chi connectivity index (χ1n) is 6.51. The summed E-state index contributed by atoms with van der Waals surface area (Å²) in [6.07, 6.45) is 3.09. The molecule has 0 bridgehead atoms. The molecule has 1 saturated carbocycles. The lowest BCUT2D eigenvalue weighted by molar-refractivity contribution is -0.115. The van der Waals surface area contributed by atoms with E-state index in [9.17, 15) is 4.79 Å². The van der Waals surface area contributed by atoms with E-state index < -0.39 is 0 Å². The second-order valence-electron chi connectivity index (χ2n) is 5.13. The highest BCUT2D eigenvalue weighted by atomic mass is 35.5. The Morgan fingerprint density at radius 3 is 2.58 bits per heavy atom. The number of amides is 1. The lowest BCUT2D eigenvalue weighted by atomic mass is 10.0. The van der Waals surface area contributed by atoms with Gasteiger partial charge in [-0.05, 0) is 48.9 Å². The fourth-order valence-corrected chi connectivity index (χ4v) is 2.23. The van der Waals surface area contributed by atoms with E-state index >= 15 is 0 Å². The van der Waals surface area contributed by atoms with Crippen LogP contribution in [0.15, 0.2) is 24.3 Å². The predicted molar refractivity (Wildman–Crippen MR) is 76.3 cm³/mol. The molecule has 1 aromatic carbocycles. The maximum Gasteiger partial charge on any atom is 0.238 e. The Balaban J connectivity index is 1.69. The third-order valence-corrected chi connectivity index (χ3v) is 3.76. The summed E-state index contributed by atoms with van der Waals surface area (Å²) in [7, 11) is 0. The van der Waals surface area contributed by atoms with Gasteiger partial charge < -0.3 is 15.7 Å². The number of nitrogens with one attached hydrogen (secondary N) is 2. The molecule has 0 atom stereocenters. The number of hydrogen-bond donors (Lipinski definition) is 3. The van der Waals surface area contributed by atoms with Crippen molar-refractivity contribution in [3.05, 3.63) is 29.3 Å². The number of benzene rings is 1. The van der Waals surface area contributed by atoms with E-state index in [-0.39, 0.29) is 24.5 Å². The summed E-state index contributed by atoms with van der Waals surface area (Å²) < 4.78 is 0. The molecular weight excluding hydrogens is 264 g/mol. The van der Waals surface area contributed by atoms with Gasteiger partial charge in [0.05, 0.1) is 6.54 Å². The molecule has 0 heterocycles. The third kappa shape index (κ3) is 4.49. The third-order valence-electron chi connectivity index (χ3n) is 3.51. The summed E-state index contributed by atoms with van der Waals surface area (Å²) in [6.45, 7) is 1.30. The van der Waals surface area contributed by atoms with Crippen molar-refractivity contribution in [2.75, 3.05) is 25.0 Å². The van der Waals surface area contributed by atoms with Crippen molar-refractivity contribution in [2.45, 2.75) is 19.3 Å². The second kappa shape index (κ2) is 6.37. The van der Waals surface area contributed by atoms with E-state index in [1.807, 2.05) is 0 Å². The number of rotatable bonds is 7. The van der Waals surface area contributed by atoms with Gasteiger partial charge in [0.25, 0.3) is 0 Å². The molecule has 1 fully saturated rings. The molecule has 19 heavy (non-hydrogen) atoms. The molecule has 104 valence electrons. The first-order chi connectivity index (χ1) is 9.13. The van der Waals surface area contributed by atoms with Crippen LogP contribution in [0.4, 0.5) is 5.69 Å². The van der Waals surface area contributed by atoms with Gasteiger partial charge in [0.2, 0.25) is 5.91 Å². The van der Waals surface area contributed by atoms with Crippen LogP contribution in [0.3, 0.4) is 0 Å². The van der Waals surface area contributed by atoms with E-state index in [1.54, 1.807) is 24.3 Å². The highest BCUT2D eigenvalue weighted by Crippen LogP contribution is 2.47. The average molecular weight is 283 g/mol. The molecule has 1 aliphatic rings. The molecule has 5 heteroatoms. The van der Waals surface area contributed by atoms with E-state index in [0.29, 0.717) is 5.02 Å². The average Bonchev–Trinajstić information content (AvgIpc) is 3.13. The summed E-state index contributed by atoms with van der Waals surface area (Å²) in [5.74, 6) is -0.0675. The standard InChI is InChI=1S/C14H19ClN2O2/c15-11-1-3-12(4-2-11)17-13(19)9-16-10-14(5-6-14)7-8-18/h1-4,16,18H,5-10H2,(H,17,19). The number of aliphatic hydroxyl groups is 1. The van der Waals surface area contributed by atoms with E-state index in [4.69, 9.17) is 16.7 Å². The summed E-state index contributed by atoms with van der Waals surface area (Å²) in [5.41, 5.74) is 0.975. The largest absolute Gasteiger partial charge is 0.396 e. The van der Waals surface area contributed by atoms with Crippen LogP contribution in [0.5, 0.6) is 0 Å². The van der Waals surface area contributed by atoms with E-state index in [0.717, 1.165) is 31.5 Å². The predicted octanol–water partition coefficient (Wildman–Crippen LogP) is 2.03. The zero-order valence-electron chi connectivity index (χ0n) is 10.8. The Hall–Kier alpha value is -1.10. The number of carbonyl (C=O) groups excluding carboxylic acids is 1. The summed E-state index contributed by atoms with van der Waals surface area (Å²) >= 11 is 5.77. The van der Waals surface area contributed by atoms with Crippen LogP contribution >= 0.6 is 11.6 Å². The molecule has 2 rings (SSSR count). The molecule has 3 N–H and O–H groups in total. The number of halogens is 1. The molecular formula is C14H19ClN2O2. The zero-order chi connectivity index (χ0) is 13.7. The Morgan fingerprint density at radius 1 is 1.32 bits per heavy atom. The Bertz CT molecular complexity index is 430. The molecule has 0 unspecified atom stereocenters. The summed E-state index contributed by atoms with van der Waals surface area (Å²) in [4.78, 5) is 11.7. The highest BCUT2D eigenvalue weighted by molar-refractivity contribution is 6.30. The molecule has 0 aliphatic heterocycles. The van der Waals surface area contributed by atoms with E-state index in [1.165, 1.54) is 0 Å². The maximum absolute atomic E-state index is 11.7.